The molecule has 0 saturated carbocycles. The first-order valence-electron chi connectivity index (χ1n) is 1.59. The Kier molecular flexibility index (Phi) is 16.3. The van der Waals surface area contributed by atoms with E-state index in [4.69, 9.17) is 36.7 Å². The summed E-state index contributed by atoms with van der Waals surface area (Å²) in [6.45, 7) is 0. The van der Waals surface area contributed by atoms with E-state index in [9.17, 15) is 0 Å². The molecule has 0 aromatic heterocycles. The van der Waals surface area contributed by atoms with Gasteiger partial charge < -0.3 is 24.7 Å². The second-order valence-electron chi connectivity index (χ2n) is 1.05. The Morgan fingerprint density at radius 2 is 0.917 bits per heavy atom. The molecule has 0 atom stereocenters. The van der Waals surface area contributed by atoms with Gasteiger partial charge in [-0.2, -0.15) is 8.42 Å². The minimum atomic E-state index is -4.67. The molecule has 0 unspecified atom stereocenters. The Bertz CT molecular complexity index is 149. The van der Waals surface area contributed by atoms with Crippen molar-refractivity contribution in [2.24, 2.45) is 0 Å². The monoisotopic (exact) mass is 234 g/mol. The van der Waals surface area contributed by atoms with Crippen molar-refractivity contribution in [3.63, 3.8) is 0 Å². The predicted octanol–water partition coefficient (Wildman–Crippen LogP) is -6.43. The fraction of sp³-hybridized carbons (Fsp3) is 0. The molecule has 12 heteroatoms. The van der Waals surface area contributed by atoms with Gasteiger partial charge in [-0.15, -0.1) is 0 Å². The van der Waals surface area contributed by atoms with Crippen LogP contribution < -0.4 is 29.6 Å². The van der Waals surface area contributed by atoms with Gasteiger partial charge in [-0.3, -0.25) is 9.11 Å². The molecule has 0 aliphatic rings. The summed E-state index contributed by atoms with van der Waals surface area (Å²) in [4.78, 5) is 29.3. The summed E-state index contributed by atoms with van der Waals surface area (Å²) in [5.41, 5.74) is 0. The first kappa shape index (κ1) is 23.1. The Labute approximate surface area is 91.0 Å². The minimum absolute atomic E-state index is 0. The molecule has 0 aliphatic carbocycles. The van der Waals surface area contributed by atoms with Gasteiger partial charge in [-0.1, -0.05) is 0 Å². The van der Waals surface area contributed by atoms with Crippen molar-refractivity contribution in [2.45, 2.75) is 0 Å². The van der Waals surface area contributed by atoms with Gasteiger partial charge in [0.15, 0.2) is 0 Å². The number of hydrogen-bond acceptors (Lipinski definition) is 7. The molecule has 0 fully saturated rings. The molecular weight excluding hydrogens is 227 g/mol. The molecule has 9 nitrogen and oxygen atoms in total. The van der Waals surface area contributed by atoms with E-state index in [2.05, 4.69) is 0 Å². The van der Waals surface area contributed by atoms with E-state index in [0.29, 0.717) is 0 Å². The average Bonchev–Trinajstić information content (AvgIpc) is 1.12. The van der Waals surface area contributed by atoms with E-state index in [-0.39, 0.29) is 35.0 Å². The third-order valence-electron chi connectivity index (χ3n) is 0. The van der Waals surface area contributed by atoms with Crippen LogP contribution in [0.1, 0.15) is 0 Å². The maximum Gasteiger partial charge on any atom is 1.00 e. The molecule has 0 heterocycles. The van der Waals surface area contributed by atoms with Gasteiger partial charge in [0.2, 0.25) is 0 Å². The zero-order valence-corrected chi connectivity index (χ0v) is 9.67. The zero-order valence-electron chi connectivity index (χ0n) is 5.86. The van der Waals surface area contributed by atoms with E-state index in [1.54, 1.807) is 0 Å². The van der Waals surface area contributed by atoms with Gasteiger partial charge in [-0.05, 0) is 0 Å². The largest absolute Gasteiger partial charge is 1.00 e. The molecule has 0 radical (unpaired) electrons. The summed E-state index contributed by atoms with van der Waals surface area (Å²) in [6.07, 6.45) is 0. The summed E-state index contributed by atoms with van der Waals surface area (Å²) < 4.78 is 31.6. The molecule has 12 heavy (non-hydrogen) atoms. The summed E-state index contributed by atoms with van der Waals surface area (Å²) in [6, 6.07) is 0. The normalized spacial score (nSPS) is 9.83. The zero-order chi connectivity index (χ0) is 9.00. The number of hydrogen-bond donors (Lipinski definition) is 6. The van der Waals surface area contributed by atoms with Crippen LogP contribution in [-0.2, 0) is 10.4 Å². The van der Waals surface area contributed by atoms with E-state index in [0.717, 1.165) is 0 Å². The first-order valence-corrected chi connectivity index (χ1v) is 4.78. The molecule has 0 spiro atoms. The predicted molar refractivity (Wildman–Crippen MR) is 30.7 cm³/mol. The van der Waals surface area contributed by atoms with Crippen molar-refractivity contribution in [3.8, 4) is 0 Å². The Hall–Kier alpha value is 0.887. The standard InChI is InChI=1S/Na.H2O4S.H4O4Si.H2O/c;2*1-5(2,3)4;/h;(H2,1,2,3,4);1-4H;1H2/q+1;;;/p-1. The molecule has 0 bridgehead atoms. The molecule has 0 aromatic rings. The van der Waals surface area contributed by atoms with Crippen molar-refractivity contribution in [2.75, 3.05) is 0 Å². The minimum Gasteiger partial charge on any atom is -0.870 e. The third kappa shape index (κ3) is 1350. The van der Waals surface area contributed by atoms with Crippen molar-refractivity contribution in [3.05, 3.63) is 0 Å². The Balaban J connectivity index is -0.0000000457. The SMILES string of the molecule is O=S(=O)(O)O.O[Si](O)(O)O.[Na+].[OH-]. The maximum atomic E-state index is 8.74. The first-order chi connectivity index (χ1) is 4.00. The van der Waals surface area contributed by atoms with Crippen LogP contribution in [-0.4, -0.2) is 51.2 Å². The van der Waals surface area contributed by atoms with Crippen molar-refractivity contribution in [1.29, 1.82) is 0 Å². The van der Waals surface area contributed by atoms with Crippen LogP contribution in [0.25, 0.3) is 0 Å². The third-order valence-corrected chi connectivity index (χ3v) is 0. The smallest absolute Gasteiger partial charge is 0.870 e. The van der Waals surface area contributed by atoms with Gasteiger partial charge in [0.25, 0.3) is 0 Å². The molecule has 0 aliphatic heterocycles. The van der Waals surface area contributed by atoms with E-state index >= 15 is 0 Å². The van der Waals surface area contributed by atoms with Gasteiger partial charge in [0.1, 0.15) is 0 Å². The summed E-state index contributed by atoms with van der Waals surface area (Å²) in [5.74, 6) is 0. The fourth-order valence-electron chi connectivity index (χ4n) is 0. The van der Waals surface area contributed by atoms with Gasteiger partial charge >= 0.3 is 49.0 Å². The molecule has 0 amide bonds. The Morgan fingerprint density at radius 3 is 0.917 bits per heavy atom. The second-order valence-corrected chi connectivity index (χ2v) is 3.14. The van der Waals surface area contributed by atoms with Crippen LogP contribution in [0.15, 0.2) is 0 Å². The van der Waals surface area contributed by atoms with Crippen LogP contribution in [0, 0.1) is 0 Å². The molecule has 7 N–H and O–H groups in total. The van der Waals surface area contributed by atoms with Crippen LogP contribution in [0.2, 0.25) is 0 Å². The van der Waals surface area contributed by atoms with Gasteiger partial charge in [0.05, 0.1) is 0 Å². The summed E-state index contributed by atoms with van der Waals surface area (Å²) >= 11 is 0. The van der Waals surface area contributed by atoms with Crippen molar-refractivity contribution < 1.29 is 71.7 Å². The van der Waals surface area contributed by atoms with Gasteiger partial charge in [-0.25, -0.2) is 0 Å². The molecule has 0 rings (SSSR count). The quantitative estimate of drug-likeness (QED) is 0.175. The average molecular weight is 234 g/mol. The maximum absolute atomic E-state index is 8.74. The van der Waals surface area contributed by atoms with Crippen LogP contribution >= 0.6 is 0 Å². The summed E-state index contributed by atoms with van der Waals surface area (Å²) in [7, 11) is -9.28. The van der Waals surface area contributed by atoms with E-state index in [1.165, 1.54) is 0 Å². The second kappa shape index (κ2) is 8.48. The molecule has 0 aromatic carbocycles. The van der Waals surface area contributed by atoms with E-state index < -0.39 is 19.4 Å². The van der Waals surface area contributed by atoms with Crippen molar-refractivity contribution in [1.82, 2.24) is 0 Å². The van der Waals surface area contributed by atoms with Crippen LogP contribution in [0.4, 0.5) is 0 Å². The molecule has 0 saturated heterocycles. The Morgan fingerprint density at radius 1 is 0.917 bits per heavy atom. The van der Waals surface area contributed by atoms with Crippen molar-refractivity contribution >= 4 is 19.4 Å². The topological polar surface area (TPSA) is 186 Å². The summed E-state index contributed by atoms with van der Waals surface area (Å²) in [5, 5.41) is 0. The van der Waals surface area contributed by atoms with E-state index in [1.807, 2.05) is 0 Å². The van der Waals surface area contributed by atoms with Crippen LogP contribution in [0.5, 0.6) is 0 Å². The fourth-order valence-corrected chi connectivity index (χ4v) is 0. The van der Waals surface area contributed by atoms with Crippen LogP contribution in [0.3, 0.4) is 0 Å². The number of rotatable bonds is 0. The molecule has 72 valence electrons. The van der Waals surface area contributed by atoms with Gasteiger partial charge in [0, 0.05) is 0 Å². The molecular formula is H7NaO9SSi.